The fraction of sp³-hybridized carbons (Fsp3) is 0.667. The first kappa shape index (κ1) is 13.8. The van der Waals surface area contributed by atoms with Gasteiger partial charge in [-0.15, -0.1) is 11.3 Å². The molecule has 0 bridgehead atoms. The van der Waals surface area contributed by atoms with Crippen LogP contribution in [-0.4, -0.2) is 30.8 Å². The summed E-state index contributed by atoms with van der Waals surface area (Å²) in [6.45, 7) is 3.18. The molecule has 1 saturated carbocycles. The highest BCUT2D eigenvalue weighted by atomic mass is 32.1. The predicted octanol–water partition coefficient (Wildman–Crippen LogP) is 3.37. The van der Waals surface area contributed by atoms with Crippen molar-refractivity contribution >= 4 is 17.6 Å². The summed E-state index contributed by atoms with van der Waals surface area (Å²) in [5, 5.41) is 2.13. The van der Waals surface area contributed by atoms with Gasteiger partial charge in [-0.25, -0.2) is 0 Å². The van der Waals surface area contributed by atoms with Crippen molar-refractivity contribution in [3.63, 3.8) is 0 Å². The van der Waals surface area contributed by atoms with Crippen molar-refractivity contribution in [2.24, 2.45) is 5.41 Å². The Morgan fingerprint density at radius 3 is 2.78 bits per heavy atom. The molecule has 0 aromatic carbocycles. The monoisotopic (exact) mass is 265 g/mol. The SMILES string of the molecule is CC(Cc1cccs1)N(C)CC1(C=O)CCCC1. The molecule has 1 atom stereocenters. The minimum absolute atomic E-state index is 0.0571. The summed E-state index contributed by atoms with van der Waals surface area (Å²) in [7, 11) is 2.15. The average molecular weight is 265 g/mol. The van der Waals surface area contributed by atoms with E-state index in [1.807, 2.05) is 11.3 Å². The first-order valence-electron chi connectivity index (χ1n) is 6.84. The van der Waals surface area contributed by atoms with E-state index in [4.69, 9.17) is 0 Å². The van der Waals surface area contributed by atoms with E-state index in [0.29, 0.717) is 6.04 Å². The molecule has 100 valence electrons. The summed E-state index contributed by atoms with van der Waals surface area (Å²) in [6, 6.07) is 4.80. The molecule has 1 fully saturated rings. The predicted molar refractivity (Wildman–Crippen MR) is 77.1 cm³/mol. The minimum Gasteiger partial charge on any atom is -0.303 e. The van der Waals surface area contributed by atoms with Crippen molar-refractivity contribution in [3.8, 4) is 0 Å². The number of carbonyl (C=O) groups is 1. The topological polar surface area (TPSA) is 20.3 Å². The van der Waals surface area contributed by atoms with Crippen LogP contribution < -0.4 is 0 Å². The molecular weight excluding hydrogens is 242 g/mol. The second kappa shape index (κ2) is 5.98. The third-order valence-electron chi connectivity index (χ3n) is 4.24. The highest BCUT2D eigenvalue weighted by Crippen LogP contribution is 2.37. The molecule has 2 rings (SSSR count). The number of hydrogen-bond acceptors (Lipinski definition) is 3. The molecule has 1 aromatic rings. The van der Waals surface area contributed by atoms with Gasteiger partial charge < -0.3 is 9.69 Å². The Morgan fingerprint density at radius 2 is 2.22 bits per heavy atom. The summed E-state index contributed by atoms with van der Waals surface area (Å²) in [5.74, 6) is 0. The third kappa shape index (κ3) is 3.21. The van der Waals surface area contributed by atoms with Crippen molar-refractivity contribution in [1.82, 2.24) is 4.90 Å². The van der Waals surface area contributed by atoms with E-state index in [2.05, 4.69) is 36.4 Å². The summed E-state index contributed by atoms with van der Waals surface area (Å²) >= 11 is 1.82. The maximum atomic E-state index is 11.4. The van der Waals surface area contributed by atoms with E-state index in [0.717, 1.165) is 25.8 Å². The first-order valence-corrected chi connectivity index (χ1v) is 7.72. The van der Waals surface area contributed by atoms with Crippen LogP contribution in [0.2, 0.25) is 0 Å². The maximum absolute atomic E-state index is 11.4. The van der Waals surface area contributed by atoms with Gasteiger partial charge in [0.05, 0.1) is 0 Å². The molecule has 0 N–H and O–H groups in total. The van der Waals surface area contributed by atoms with E-state index in [1.54, 1.807) is 0 Å². The lowest BCUT2D eigenvalue weighted by molar-refractivity contribution is -0.117. The van der Waals surface area contributed by atoms with E-state index in [9.17, 15) is 4.79 Å². The standard InChI is InChI=1S/C15H23NOS/c1-13(10-14-6-5-9-18-14)16(2)11-15(12-17)7-3-4-8-15/h5-6,9,12-13H,3-4,7-8,10-11H2,1-2H3. The molecule has 2 nitrogen and oxygen atoms in total. The van der Waals surface area contributed by atoms with Gasteiger partial charge in [0.2, 0.25) is 0 Å². The first-order chi connectivity index (χ1) is 8.65. The number of likely N-dealkylation sites (N-methyl/N-ethyl adjacent to an activating group) is 1. The zero-order valence-electron chi connectivity index (χ0n) is 11.4. The molecule has 1 heterocycles. The second-order valence-corrected chi connectivity index (χ2v) is 6.77. The molecule has 0 spiro atoms. The molecule has 1 aromatic heterocycles. The summed E-state index contributed by atoms with van der Waals surface area (Å²) in [6.07, 6.45) is 6.88. The molecule has 3 heteroatoms. The lowest BCUT2D eigenvalue weighted by atomic mass is 9.87. The van der Waals surface area contributed by atoms with Gasteiger partial charge in [0.15, 0.2) is 0 Å². The Bertz CT molecular complexity index is 368. The highest BCUT2D eigenvalue weighted by Gasteiger charge is 2.35. The van der Waals surface area contributed by atoms with Crippen molar-refractivity contribution in [2.75, 3.05) is 13.6 Å². The number of rotatable bonds is 6. The van der Waals surface area contributed by atoms with Crippen molar-refractivity contribution in [1.29, 1.82) is 0 Å². The Morgan fingerprint density at radius 1 is 1.50 bits per heavy atom. The summed E-state index contributed by atoms with van der Waals surface area (Å²) in [5.41, 5.74) is -0.0571. The van der Waals surface area contributed by atoms with Crippen LogP contribution in [0.25, 0.3) is 0 Å². The van der Waals surface area contributed by atoms with Gasteiger partial charge in [-0.1, -0.05) is 18.9 Å². The minimum atomic E-state index is -0.0571. The van der Waals surface area contributed by atoms with Crippen LogP contribution in [0.15, 0.2) is 17.5 Å². The van der Waals surface area contributed by atoms with E-state index >= 15 is 0 Å². The fourth-order valence-corrected chi connectivity index (χ4v) is 3.75. The van der Waals surface area contributed by atoms with Crippen LogP contribution in [0.5, 0.6) is 0 Å². The molecule has 1 unspecified atom stereocenters. The molecule has 0 saturated heterocycles. The van der Waals surface area contributed by atoms with Crippen LogP contribution in [0.3, 0.4) is 0 Å². The largest absolute Gasteiger partial charge is 0.303 e. The van der Waals surface area contributed by atoms with Gasteiger partial charge in [-0.3, -0.25) is 0 Å². The molecule has 1 aliphatic rings. The van der Waals surface area contributed by atoms with Gasteiger partial charge in [-0.05, 0) is 44.7 Å². The van der Waals surface area contributed by atoms with Crippen molar-refractivity contribution in [3.05, 3.63) is 22.4 Å². The van der Waals surface area contributed by atoms with E-state index in [1.165, 1.54) is 24.0 Å². The highest BCUT2D eigenvalue weighted by molar-refractivity contribution is 7.09. The maximum Gasteiger partial charge on any atom is 0.127 e. The van der Waals surface area contributed by atoms with E-state index in [-0.39, 0.29) is 5.41 Å². The molecule has 1 aliphatic carbocycles. The Hall–Kier alpha value is -0.670. The van der Waals surface area contributed by atoms with Crippen LogP contribution in [-0.2, 0) is 11.2 Å². The number of thiophene rings is 1. The number of carbonyl (C=O) groups excluding carboxylic acids is 1. The molecule has 18 heavy (non-hydrogen) atoms. The van der Waals surface area contributed by atoms with Gasteiger partial charge in [-0.2, -0.15) is 0 Å². The Balaban J connectivity index is 1.90. The van der Waals surface area contributed by atoms with Crippen molar-refractivity contribution in [2.45, 2.75) is 45.1 Å². The van der Waals surface area contributed by atoms with Crippen LogP contribution in [0.1, 0.15) is 37.5 Å². The molecule has 0 amide bonds. The zero-order chi connectivity index (χ0) is 13.0. The van der Waals surface area contributed by atoms with Gasteiger partial charge in [0.25, 0.3) is 0 Å². The van der Waals surface area contributed by atoms with Crippen LogP contribution in [0, 0.1) is 5.41 Å². The second-order valence-electron chi connectivity index (χ2n) is 5.73. The Kier molecular flexibility index (Phi) is 4.57. The number of nitrogens with zero attached hydrogens (tertiary/aromatic N) is 1. The Labute approximate surface area is 114 Å². The summed E-state index contributed by atoms with van der Waals surface area (Å²) in [4.78, 5) is 15.2. The van der Waals surface area contributed by atoms with Gasteiger partial charge in [0, 0.05) is 22.9 Å². The number of hydrogen-bond donors (Lipinski definition) is 0. The smallest absolute Gasteiger partial charge is 0.127 e. The summed E-state index contributed by atoms with van der Waals surface area (Å²) < 4.78 is 0. The van der Waals surface area contributed by atoms with Gasteiger partial charge >= 0.3 is 0 Å². The number of aldehydes is 1. The molecule has 0 radical (unpaired) electrons. The van der Waals surface area contributed by atoms with E-state index < -0.39 is 0 Å². The van der Waals surface area contributed by atoms with Gasteiger partial charge in [0.1, 0.15) is 6.29 Å². The third-order valence-corrected chi connectivity index (χ3v) is 5.14. The van der Waals surface area contributed by atoms with Crippen LogP contribution in [0.4, 0.5) is 0 Å². The molecular formula is C15H23NOS. The lowest BCUT2D eigenvalue weighted by Crippen LogP contribution is -2.40. The lowest BCUT2D eigenvalue weighted by Gasteiger charge is -2.32. The van der Waals surface area contributed by atoms with Crippen molar-refractivity contribution < 1.29 is 4.79 Å². The van der Waals surface area contributed by atoms with Crippen LogP contribution >= 0.6 is 11.3 Å². The molecule has 0 aliphatic heterocycles. The zero-order valence-corrected chi connectivity index (χ0v) is 12.2. The fourth-order valence-electron chi connectivity index (χ4n) is 2.92. The average Bonchev–Trinajstić information content (AvgIpc) is 3.01. The normalized spacial score (nSPS) is 20.2. The quantitative estimate of drug-likeness (QED) is 0.735.